The minimum atomic E-state index is -1.31. The zero-order chi connectivity index (χ0) is 14.0. The van der Waals surface area contributed by atoms with Gasteiger partial charge in [-0.05, 0) is 0 Å². The summed E-state index contributed by atoms with van der Waals surface area (Å²) < 4.78 is 11.3. The van der Waals surface area contributed by atoms with Gasteiger partial charge in [0.2, 0.25) is 0 Å². The molecule has 0 spiro atoms. The first-order valence-corrected chi connectivity index (χ1v) is 5.65. The van der Waals surface area contributed by atoms with Crippen LogP contribution in [0.15, 0.2) is 21.9 Å². The van der Waals surface area contributed by atoms with E-state index in [-0.39, 0.29) is 13.3 Å². The van der Waals surface area contributed by atoms with E-state index in [2.05, 4.69) is 0 Å². The van der Waals surface area contributed by atoms with E-state index in [4.69, 9.17) is 15.2 Å². The number of nitrogens with two attached hydrogens (primary N) is 1. The van der Waals surface area contributed by atoms with Gasteiger partial charge in [0.05, 0.1) is 13.3 Å². The van der Waals surface area contributed by atoms with Crippen molar-refractivity contribution in [2.45, 2.75) is 24.5 Å². The molecular weight excluding hydrogens is 258 g/mol. The van der Waals surface area contributed by atoms with Crippen LogP contribution in [0.25, 0.3) is 0 Å². The fraction of sp³-hybridized carbons (Fsp3) is 0.600. The van der Waals surface area contributed by atoms with Crippen LogP contribution < -0.4 is 17.0 Å². The molecule has 2 heterocycles. The summed E-state index contributed by atoms with van der Waals surface area (Å²) in [4.78, 5) is 24.6. The summed E-state index contributed by atoms with van der Waals surface area (Å²) in [6.07, 6.45) is -3.23. The monoisotopic (exact) mass is 273 g/mol. The Balaban J connectivity index is 2.21. The standard InChI is InChI=1S/C10H15N3O6/c11-4-18-3-5-7(15)8(16)9(19-5)13-2-1-6(14)12-10(13)17/h1-2,5,7-9,15-16H,3-4,11H2,(H,12,14,17)/t5-,7-,8-,9-/m1/s1. The van der Waals surface area contributed by atoms with E-state index in [1.54, 1.807) is 0 Å². The molecular formula is C10H15N3O6. The Morgan fingerprint density at radius 1 is 1.42 bits per heavy atom. The lowest BCUT2D eigenvalue weighted by atomic mass is 10.1. The molecule has 1 aliphatic heterocycles. The highest BCUT2D eigenvalue weighted by Gasteiger charge is 2.44. The van der Waals surface area contributed by atoms with Crippen molar-refractivity contribution in [2.75, 3.05) is 13.3 Å². The average Bonchev–Trinajstić information content (AvgIpc) is 2.64. The van der Waals surface area contributed by atoms with E-state index in [0.29, 0.717) is 0 Å². The smallest absolute Gasteiger partial charge is 0.330 e. The maximum atomic E-state index is 11.6. The van der Waals surface area contributed by atoms with Gasteiger partial charge in [0.1, 0.15) is 18.3 Å². The number of aliphatic hydroxyl groups excluding tert-OH is 2. The molecule has 19 heavy (non-hydrogen) atoms. The maximum absolute atomic E-state index is 11.6. The number of hydrogen-bond acceptors (Lipinski definition) is 7. The van der Waals surface area contributed by atoms with Crippen LogP contribution >= 0.6 is 0 Å². The molecule has 0 unspecified atom stereocenters. The van der Waals surface area contributed by atoms with Gasteiger partial charge >= 0.3 is 5.69 Å². The molecule has 5 N–H and O–H groups in total. The van der Waals surface area contributed by atoms with E-state index >= 15 is 0 Å². The molecule has 9 heteroatoms. The van der Waals surface area contributed by atoms with Crippen LogP contribution in [0.5, 0.6) is 0 Å². The number of rotatable bonds is 4. The molecule has 9 nitrogen and oxygen atoms in total. The fourth-order valence-electron chi connectivity index (χ4n) is 1.91. The van der Waals surface area contributed by atoms with E-state index in [0.717, 1.165) is 10.6 Å². The SMILES string of the molecule is NCOC[C@H]1O[C@@H](n2ccc(=O)[nH]c2=O)[C@H](O)[C@@H]1O. The van der Waals surface area contributed by atoms with Crippen LogP contribution in [0.2, 0.25) is 0 Å². The molecule has 1 saturated heterocycles. The van der Waals surface area contributed by atoms with Gasteiger partial charge in [-0.1, -0.05) is 0 Å². The molecule has 106 valence electrons. The third-order valence-electron chi connectivity index (χ3n) is 2.86. The second-order valence-corrected chi connectivity index (χ2v) is 4.10. The summed E-state index contributed by atoms with van der Waals surface area (Å²) in [7, 11) is 0. The summed E-state index contributed by atoms with van der Waals surface area (Å²) in [6, 6.07) is 1.12. The molecule has 2 rings (SSSR count). The summed E-state index contributed by atoms with van der Waals surface area (Å²) in [5.41, 5.74) is 3.87. The van der Waals surface area contributed by atoms with E-state index < -0.39 is 35.8 Å². The summed E-state index contributed by atoms with van der Waals surface area (Å²) in [5, 5.41) is 19.6. The largest absolute Gasteiger partial charge is 0.387 e. The maximum Gasteiger partial charge on any atom is 0.330 e. The predicted octanol–water partition coefficient (Wildman–Crippen LogP) is -2.91. The first kappa shape index (κ1) is 13.9. The molecule has 1 aromatic heterocycles. The van der Waals surface area contributed by atoms with Crippen LogP contribution in [-0.4, -0.2) is 51.4 Å². The zero-order valence-electron chi connectivity index (χ0n) is 9.93. The fourth-order valence-corrected chi connectivity index (χ4v) is 1.91. The molecule has 4 atom stereocenters. The Hall–Kier alpha value is -1.52. The molecule has 0 amide bonds. The molecule has 0 aliphatic carbocycles. The lowest BCUT2D eigenvalue weighted by Gasteiger charge is -2.16. The lowest BCUT2D eigenvalue weighted by Crippen LogP contribution is -2.37. The van der Waals surface area contributed by atoms with E-state index in [1.807, 2.05) is 4.98 Å². The molecule has 0 radical (unpaired) electrons. The van der Waals surface area contributed by atoms with Gasteiger partial charge in [-0.25, -0.2) is 4.79 Å². The Morgan fingerprint density at radius 2 is 2.16 bits per heavy atom. The van der Waals surface area contributed by atoms with Crippen LogP contribution in [0.3, 0.4) is 0 Å². The number of aromatic amines is 1. The summed E-state index contributed by atoms with van der Waals surface area (Å²) >= 11 is 0. The highest BCUT2D eigenvalue weighted by molar-refractivity contribution is 4.93. The van der Waals surface area contributed by atoms with Crippen molar-refractivity contribution < 1.29 is 19.7 Å². The summed E-state index contributed by atoms with van der Waals surface area (Å²) in [5.74, 6) is 0. The first-order chi connectivity index (χ1) is 9.04. The van der Waals surface area contributed by atoms with Crippen molar-refractivity contribution in [1.29, 1.82) is 0 Å². The molecule has 1 aromatic rings. The Kier molecular flexibility index (Phi) is 4.12. The zero-order valence-corrected chi connectivity index (χ0v) is 9.93. The lowest BCUT2D eigenvalue weighted by molar-refractivity contribution is -0.0676. The van der Waals surface area contributed by atoms with Gasteiger partial charge in [-0.3, -0.25) is 14.3 Å². The van der Waals surface area contributed by atoms with Crippen LogP contribution in [0.1, 0.15) is 6.23 Å². The third-order valence-corrected chi connectivity index (χ3v) is 2.86. The van der Waals surface area contributed by atoms with Crippen molar-refractivity contribution in [2.24, 2.45) is 5.73 Å². The van der Waals surface area contributed by atoms with Crippen molar-refractivity contribution in [1.82, 2.24) is 9.55 Å². The highest BCUT2D eigenvalue weighted by Crippen LogP contribution is 2.28. The third kappa shape index (κ3) is 2.74. The van der Waals surface area contributed by atoms with Crippen molar-refractivity contribution in [3.63, 3.8) is 0 Å². The number of aromatic nitrogens is 2. The van der Waals surface area contributed by atoms with Gasteiger partial charge in [-0.15, -0.1) is 0 Å². The molecule has 1 aliphatic rings. The number of nitrogens with one attached hydrogen (secondary N) is 1. The summed E-state index contributed by atoms with van der Waals surface area (Å²) in [6.45, 7) is -0.0602. The van der Waals surface area contributed by atoms with Crippen LogP contribution in [0, 0.1) is 0 Å². The van der Waals surface area contributed by atoms with Gasteiger partial charge < -0.3 is 25.4 Å². The topological polar surface area (TPSA) is 140 Å². The second kappa shape index (κ2) is 5.63. The quantitative estimate of drug-likeness (QED) is 0.431. The molecule has 0 bridgehead atoms. The Labute approximate surface area is 107 Å². The van der Waals surface area contributed by atoms with Crippen molar-refractivity contribution in [3.8, 4) is 0 Å². The van der Waals surface area contributed by atoms with Gasteiger partial charge in [0.25, 0.3) is 5.56 Å². The number of hydrogen-bond donors (Lipinski definition) is 4. The second-order valence-electron chi connectivity index (χ2n) is 4.10. The van der Waals surface area contributed by atoms with Crippen molar-refractivity contribution >= 4 is 0 Å². The number of aliphatic hydroxyl groups is 2. The van der Waals surface area contributed by atoms with Crippen LogP contribution in [-0.2, 0) is 9.47 Å². The Morgan fingerprint density at radius 3 is 2.79 bits per heavy atom. The van der Waals surface area contributed by atoms with Gasteiger partial charge in [0, 0.05) is 12.3 Å². The Bertz CT molecular complexity index is 541. The van der Waals surface area contributed by atoms with E-state index in [9.17, 15) is 19.8 Å². The minimum absolute atomic E-state index is 0.0106. The van der Waals surface area contributed by atoms with Gasteiger partial charge in [-0.2, -0.15) is 0 Å². The minimum Gasteiger partial charge on any atom is -0.387 e. The molecule has 0 aromatic carbocycles. The predicted molar refractivity (Wildman–Crippen MR) is 62.3 cm³/mol. The number of nitrogens with zero attached hydrogens (tertiary/aromatic N) is 1. The number of H-pyrrole nitrogens is 1. The highest BCUT2D eigenvalue weighted by atomic mass is 16.6. The normalized spacial score (nSPS) is 30.7. The van der Waals surface area contributed by atoms with Gasteiger partial charge in [0.15, 0.2) is 6.23 Å². The van der Waals surface area contributed by atoms with E-state index in [1.165, 1.54) is 6.20 Å². The molecule has 0 saturated carbocycles. The average molecular weight is 273 g/mol. The number of ether oxygens (including phenoxy) is 2. The van der Waals surface area contributed by atoms with Crippen molar-refractivity contribution in [3.05, 3.63) is 33.1 Å². The first-order valence-electron chi connectivity index (χ1n) is 5.65. The van der Waals surface area contributed by atoms with Crippen LogP contribution in [0.4, 0.5) is 0 Å². The molecule has 1 fully saturated rings.